The normalized spacial score (nSPS) is 17.2. The van der Waals surface area contributed by atoms with E-state index < -0.39 is 0 Å². The van der Waals surface area contributed by atoms with Crippen molar-refractivity contribution in [3.63, 3.8) is 0 Å². The van der Waals surface area contributed by atoms with Gasteiger partial charge in [-0.05, 0) is 43.2 Å². The van der Waals surface area contributed by atoms with Crippen LogP contribution < -0.4 is 4.90 Å². The van der Waals surface area contributed by atoms with Crippen molar-refractivity contribution >= 4 is 17.3 Å². The Bertz CT molecular complexity index is 1160. The molecule has 2 aromatic carbocycles. The molecule has 0 bridgehead atoms. The number of pyridine rings is 1. The van der Waals surface area contributed by atoms with E-state index in [4.69, 9.17) is 0 Å². The fraction of sp³-hybridized carbons (Fsp3) is 0.355. The lowest BCUT2D eigenvalue weighted by Gasteiger charge is -2.38. The van der Waals surface area contributed by atoms with E-state index in [1.807, 2.05) is 17.2 Å². The Morgan fingerprint density at radius 1 is 0.784 bits per heavy atom. The Balaban J connectivity index is 1.12. The maximum atomic E-state index is 13.1. The summed E-state index contributed by atoms with van der Waals surface area (Å²) < 4.78 is 0. The van der Waals surface area contributed by atoms with Gasteiger partial charge in [-0.1, -0.05) is 54.6 Å². The average Bonchev–Trinajstić information content (AvgIpc) is 2.98. The number of nitrogens with zero attached hydrogens (tertiary/aromatic N) is 5. The number of allylic oxidation sites excluding steroid dienone is 1. The molecule has 0 unspecified atom stereocenters. The molecule has 1 amide bonds. The zero-order chi connectivity index (χ0) is 25.5. The van der Waals surface area contributed by atoms with Crippen molar-refractivity contribution < 1.29 is 4.79 Å². The molecule has 0 atom stereocenters. The van der Waals surface area contributed by atoms with E-state index in [1.54, 1.807) is 0 Å². The Morgan fingerprint density at radius 2 is 1.43 bits per heavy atom. The number of benzene rings is 2. The zero-order valence-corrected chi connectivity index (χ0v) is 21.8. The van der Waals surface area contributed by atoms with Crippen LogP contribution in [-0.2, 0) is 6.42 Å². The van der Waals surface area contributed by atoms with Gasteiger partial charge >= 0.3 is 0 Å². The first-order valence-electron chi connectivity index (χ1n) is 13.4. The summed E-state index contributed by atoms with van der Waals surface area (Å²) in [5, 5.41) is 0. The topological polar surface area (TPSA) is 42.9 Å². The third-order valence-electron chi connectivity index (χ3n) is 7.51. The molecular weight excluding hydrogens is 458 g/mol. The van der Waals surface area contributed by atoms with E-state index in [9.17, 15) is 4.79 Å². The molecule has 0 radical (unpaired) electrons. The highest BCUT2D eigenvalue weighted by Gasteiger charge is 2.24. The van der Waals surface area contributed by atoms with Crippen LogP contribution in [0.1, 0.15) is 28.5 Å². The molecule has 5 rings (SSSR count). The molecule has 0 aliphatic carbocycles. The van der Waals surface area contributed by atoms with Crippen molar-refractivity contribution in [1.82, 2.24) is 19.7 Å². The number of hydrogen-bond donors (Lipinski definition) is 0. The SMILES string of the molecule is C/C=C(\c1ccc(C(=O)N2CCN(CCc3ccccc3)CC2)nc1)N1CCN(c2ccccc2)CC1. The van der Waals surface area contributed by atoms with Crippen molar-refractivity contribution in [2.45, 2.75) is 13.3 Å². The smallest absolute Gasteiger partial charge is 0.272 e. The molecule has 3 aromatic rings. The number of hydrogen-bond acceptors (Lipinski definition) is 5. The molecular formula is C31H37N5O. The zero-order valence-electron chi connectivity index (χ0n) is 21.8. The number of para-hydroxylation sites is 1. The van der Waals surface area contributed by atoms with Gasteiger partial charge in [-0.25, -0.2) is 0 Å². The lowest BCUT2D eigenvalue weighted by Crippen LogP contribution is -2.49. The van der Waals surface area contributed by atoms with Gasteiger partial charge in [0.2, 0.25) is 0 Å². The summed E-state index contributed by atoms with van der Waals surface area (Å²) in [6.07, 6.45) is 5.07. The molecule has 1 aromatic heterocycles. The molecule has 192 valence electrons. The van der Waals surface area contributed by atoms with Gasteiger partial charge in [0.1, 0.15) is 5.69 Å². The summed E-state index contributed by atoms with van der Waals surface area (Å²) in [5.41, 5.74) is 5.43. The van der Waals surface area contributed by atoms with Crippen LogP contribution in [-0.4, -0.2) is 84.5 Å². The minimum Gasteiger partial charge on any atom is -0.368 e. The first-order valence-corrected chi connectivity index (χ1v) is 13.4. The maximum absolute atomic E-state index is 13.1. The predicted molar refractivity (Wildman–Crippen MR) is 151 cm³/mol. The minimum atomic E-state index is 0.0350. The van der Waals surface area contributed by atoms with Gasteiger partial charge in [0.15, 0.2) is 0 Å². The molecule has 0 spiro atoms. The molecule has 2 aliphatic rings. The van der Waals surface area contributed by atoms with Gasteiger partial charge < -0.3 is 14.7 Å². The van der Waals surface area contributed by atoms with Gasteiger partial charge in [0, 0.05) is 82.0 Å². The maximum Gasteiger partial charge on any atom is 0.272 e. The van der Waals surface area contributed by atoms with Crippen molar-refractivity contribution in [3.8, 4) is 0 Å². The van der Waals surface area contributed by atoms with Crippen LogP contribution in [0.4, 0.5) is 5.69 Å². The second-order valence-electron chi connectivity index (χ2n) is 9.79. The minimum absolute atomic E-state index is 0.0350. The Hall–Kier alpha value is -3.64. The van der Waals surface area contributed by atoms with E-state index in [0.717, 1.165) is 70.9 Å². The Kier molecular flexibility index (Phi) is 8.16. The molecule has 2 fully saturated rings. The number of carbonyl (C=O) groups excluding carboxylic acids is 1. The lowest BCUT2D eigenvalue weighted by atomic mass is 10.1. The van der Waals surface area contributed by atoms with Crippen LogP contribution in [0.25, 0.3) is 5.70 Å². The van der Waals surface area contributed by atoms with E-state index in [2.05, 4.69) is 99.4 Å². The number of amides is 1. The van der Waals surface area contributed by atoms with Gasteiger partial charge in [-0.3, -0.25) is 14.7 Å². The second kappa shape index (κ2) is 12.1. The highest BCUT2D eigenvalue weighted by molar-refractivity contribution is 5.92. The fourth-order valence-electron chi connectivity index (χ4n) is 5.32. The van der Waals surface area contributed by atoms with E-state index in [0.29, 0.717) is 5.69 Å². The standard InChI is InChI=1S/C31H37N5O/c1-2-30(35-23-21-34(22-24-35)28-11-7-4-8-12-28)27-13-14-29(32-25-27)31(37)36-19-17-33(18-20-36)16-15-26-9-5-3-6-10-26/h2-14,25H,15-24H2,1H3/b30-2+. The van der Waals surface area contributed by atoms with Crippen LogP contribution >= 0.6 is 0 Å². The summed E-state index contributed by atoms with van der Waals surface area (Å²) in [6, 6.07) is 25.2. The first kappa shape index (κ1) is 25.0. The van der Waals surface area contributed by atoms with Crippen LogP contribution in [0, 0.1) is 0 Å². The van der Waals surface area contributed by atoms with E-state index in [-0.39, 0.29) is 5.91 Å². The van der Waals surface area contributed by atoms with Gasteiger partial charge in [0.25, 0.3) is 5.91 Å². The summed E-state index contributed by atoms with van der Waals surface area (Å²) in [6.45, 7) is 10.3. The van der Waals surface area contributed by atoms with Crippen LogP contribution in [0.2, 0.25) is 0 Å². The quantitative estimate of drug-likeness (QED) is 0.490. The number of rotatable bonds is 7. The van der Waals surface area contributed by atoms with E-state index >= 15 is 0 Å². The van der Waals surface area contributed by atoms with Crippen molar-refractivity contribution in [1.29, 1.82) is 0 Å². The number of aromatic nitrogens is 1. The highest BCUT2D eigenvalue weighted by atomic mass is 16.2. The van der Waals surface area contributed by atoms with Gasteiger partial charge in [-0.2, -0.15) is 0 Å². The monoisotopic (exact) mass is 495 g/mol. The molecule has 2 saturated heterocycles. The van der Waals surface area contributed by atoms with Crippen LogP contribution in [0.3, 0.4) is 0 Å². The highest BCUT2D eigenvalue weighted by Crippen LogP contribution is 2.23. The van der Waals surface area contributed by atoms with E-state index in [1.165, 1.54) is 16.9 Å². The summed E-state index contributed by atoms with van der Waals surface area (Å²) >= 11 is 0. The lowest BCUT2D eigenvalue weighted by molar-refractivity contribution is 0.0632. The molecule has 6 nitrogen and oxygen atoms in total. The summed E-state index contributed by atoms with van der Waals surface area (Å²) in [4.78, 5) is 27.0. The summed E-state index contributed by atoms with van der Waals surface area (Å²) in [7, 11) is 0. The van der Waals surface area contributed by atoms with Crippen molar-refractivity contribution in [2.24, 2.45) is 0 Å². The molecule has 37 heavy (non-hydrogen) atoms. The first-order chi connectivity index (χ1) is 18.2. The third kappa shape index (κ3) is 6.20. The van der Waals surface area contributed by atoms with Crippen molar-refractivity contribution in [2.75, 3.05) is 63.8 Å². The number of carbonyl (C=O) groups is 1. The molecule has 0 saturated carbocycles. The largest absolute Gasteiger partial charge is 0.368 e. The fourth-order valence-corrected chi connectivity index (χ4v) is 5.32. The number of piperazine rings is 2. The van der Waals surface area contributed by atoms with Crippen LogP contribution in [0.15, 0.2) is 85.1 Å². The van der Waals surface area contributed by atoms with Gasteiger partial charge in [-0.15, -0.1) is 0 Å². The molecule has 2 aliphatic heterocycles. The van der Waals surface area contributed by atoms with Crippen molar-refractivity contribution in [3.05, 3.63) is 102 Å². The average molecular weight is 496 g/mol. The second-order valence-corrected chi connectivity index (χ2v) is 9.79. The molecule has 0 N–H and O–H groups in total. The predicted octanol–water partition coefficient (Wildman–Crippen LogP) is 4.27. The van der Waals surface area contributed by atoms with Gasteiger partial charge in [0.05, 0.1) is 0 Å². The molecule has 3 heterocycles. The van der Waals surface area contributed by atoms with Crippen LogP contribution in [0.5, 0.6) is 0 Å². The third-order valence-corrected chi connectivity index (χ3v) is 7.51. The number of anilines is 1. The Morgan fingerprint density at radius 3 is 2.05 bits per heavy atom. The summed E-state index contributed by atoms with van der Waals surface area (Å²) in [5.74, 6) is 0.0350. The molecule has 6 heteroatoms. The Labute approximate surface area is 220 Å².